The molecule has 2 heterocycles. The number of hydrogen-bond acceptors (Lipinski definition) is 4. The summed E-state index contributed by atoms with van der Waals surface area (Å²) in [5, 5.41) is 14.1. The van der Waals surface area contributed by atoms with Gasteiger partial charge in [-0.2, -0.15) is 0 Å². The van der Waals surface area contributed by atoms with Crippen molar-refractivity contribution in [2.24, 2.45) is 0 Å². The highest BCUT2D eigenvalue weighted by atomic mass is 32.1. The molecule has 6 heteroatoms. The van der Waals surface area contributed by atoms with Crippen molar-refractivity contribution in [1.29, 1.82) is 0 Å². The average Bonchev–Trinajstić information content (AvgIpc) is 3.18. The third kappa shape index (κ3) is 4.43. The van der Waals surface area contributed by atoms with Gasteiger partial charge in [0.2, 0.25) is 0 Å². The summed E-state index contributed by atoms with van der Waals surface area (Å²) < 4.78 is 0. The van der Waals surface area contributed by atoms with E-state index in [4.69, 9.17) is 5.11 Å². The predicted octanol–water partition coefficient (Wildman–Crippen LogP) is 1.91. The van der Waals surface area contributed by atoms with Gasteiger partial charge in [0.05, 0.1) is 12.6 Å². The van der Waals surface area contributed by atoms with Gasteiger partial charge in [0.15, 0.2) is 0 Å². The minimum atomic E-state index is -0.0905. The first-order chi connectivity index (χ1) is 10.3. The van der Waals surface area contributed by atoms with Crippen LogP contribution in [0.25, 0.3) is 0 Å². The van der Waals surface area contributed by atoms with Crippen molar-refractivity contribution in [3.63, 3.8) is 0 Å². The normalized spacial score (nSPS) is 16.9. The van der Waals surface area contributed by atoms with Crippen molar-refractivity contribution in [3.05, 3.63) is 22.4 Å². The van der Waals surface area contributed by atoms with E-state index in [-0.39, 0.29) is 18.7 Å². The maximum atomic E-state index is 12.1. The second kappa shape index (κ2) is 8.36. The van der Waals surface area contributed by atoms with Crippen molar-refractivity contribution in [2.75, 3.05) is 39.3 Å². The molecule has 21 heavy (non-hydrogen) atoms. The van der Waals surface area contributed by atoms with E-state index in [1.165, 1.54) is 17.7 Å². The van der Waals surface area contributed by atoms with Crippen molar-refractivity contribution in [2.45, 2.75) is 25.8 Å². The second-order valence-corrected chi connectivity index (χ2v) is 6.24. The standard InChI is InChI=1S/C15H25N3O2S/c1-2-17(9-10-19)15(20)16-12-13(14-6-5-11-21-14)18-7-3-4-8-18/h5-6,11,13,19H,2-4,7-10,12H2,1H3,(H,16,20). The molecule has 1 aliphatic rings. The van der Waals surface area contributed by atoms with Gasteiger partial charge < -0.3 is 15.3 Å². The number of carbonyl (C=O) groups is 1. The Kier molecular flexibility index (Phi) is 6.48. The highest BCUT2D eigenvalue weighted by molar-refractivity contribution is 7.10. The van der Waals surface area contributed by atoms with Gasteiger partial charge in [0.25, 0.3) is 0 Å². The Hall–Kier alpha value is -1.11. The number of thiophene rings is 1. The summed E-state index contributed by atoms with van der Waals surface area (Å²) in [7, 11) is 0. The number of nitrogens with zero attached hydrogens (tertiary/aromatic N) is 2. The third-order valence-corrected chi connectivity index (χ3v) is 4.91. The van der Waals surface area contributed by atoms with E-state index in [2.05, 4.69) is 27.7 Å². The highest BCUT2D eigenvalue weighted by Gasteiger charge is 2.25. The molecule has 0 bridgehead atoms. The highest BCUT2D eigenvalue weighted by Crippen LogP contribution is 2.27. The van der Waals surface area contributed by atoms with Gasteiger partial charge in [-0.1, -0.05) is 6.07 Å². The number of carbonyl (C=O) groups excluding carboxylic acids is 1. The molecule has 0 aromatic carbocycles. The van der Waals surface area contributed by atoms with Gasteiger partial charge in [-0.25, -0.2) is 4.79 Å². The van der Waals surface area contributed by atoms with E-state index >= 15 is 0 Å². The van der Waals surface area contributed by atoms with E-state index in [0.29, 0.717) is 19.6 Å². The van der Waals surface area contributed by atoms with Gasteiger partial charge in [0.1, 0.15) is 0 Å². The Morgan fingerprint density at radius 2 is 2.29 bits per heavy atom. The second-order valence-electron chi connectivity index (χ2n) is 5.26. The molecule has 1 atom stereocenters. The van der Waals surface area contributed by atoms with E-state index in [1.54, 1.807) is 16.2 Å². The largest absolute Gasteiger partial charge is 0.395 e. The Morgan fingerprint density at radius 1 is 1.52 bits per heavy atom. The van der Waals surface area contributed by atoms with Crippen LogP contribution >= 0.6 is 11.3 Å². The van der Waals surface area contributed by atoms with Crippen molar-refractivity contribution in [3.8, 4) is 0 Å². The van der Waals surface area contributed by atoms with Crippen molar-refractivity contribution < 1.29 is 9.90 Å². The number of rotatable bonds is 7. The van der Waals surface area contributed by atoms with Crippen LogP contribution in [0.4, 0.5) is 4.79 Å². The maximum Gasteiger partial charge on any atom is 0.317 e. The third-order valence-electron chi connectivity index (χ3n) is 3.94. The Labute approximate surface area is 130 Å². The number of hydrogen-bond donors (Lipinski definition) is 2. The van der Waals surface area contributed by atoms with Crippen LogP contribution in [-0.4, -0.2) is 60.3 Å². The lowest BCUT2D eigenvalue weighted by Crippen LogP contribution is -2.44. The SMILES string of the molecule is CCN(CCO)C(=O)NCC(c1cccs1)N1CCCC1. The topological polar surface area (TPSA) is 55.8 Å². The summed E-state index contributed by atoms with van der Waals surface area (Å²) in [6, 6.07) is 4.39. The molecular weight excluding hydrogens is 286 g/mol. The molecule has 0 saturated carbocycles. The fourth-order valence-electron chi connectivity index (χ4n) is 2.76. The van der Waals surface area contributed by atoms with E-state index < -0.39 is 0 Å². The number of urea groups is 1. The van der Waals surface area contributed by atoms with Gasteiger partial charge in [-0.3, -0.25) is 4.90 Å². The molecule has 2 N–H and O–H groups in total. The fraction of sp³-hybridized carbons (Fsp3) is 0.667. The zero-order valence-corrected chi connectivity index (χ0v) is 13.4. The van der Waals surface area contributed by atoms with Crippen molar-refractivity contribution >= 4 is 17.4 Å². The Bertz CT molecular complexity index is 419. The molecule has 118 valence electrons. The number of likely N-dealkylation sites (N-methyl/N-ethyl adjacent to an activating group) is 1. The Balaban J connectivity index is 1.94. The smallest absolute Gasteiger partial charge is 0.317 e. The molecule has 0 aliphatic carbocycles. The molecule has 0 spiro atoms. The molecule has 1 aliphatic heterocycles. The first-order valence-corrected chi connectivity index (χ1v) is 8.55. The molecule has 0 radical (unpaired) electrons. The summed E-state index contributed by atoms with van der Waals surface area (Å²) >= 11 is 1.75. The van der Waals surface area contributed by atoms with Crippen LogP contribution in [0.3, 0.4) is 0 Å². The average molecular weight is 311 g/mol. The van der Waals surface area contributed by atoms with Crippen LogP contribution in [0.5, 0.6) is 0 Å². The first kappa shape index (κ1) is 16.3. The summed E-state index contributed by atoms with van der Waals surface area (Å²) in [4.78, 5) is 17.5. The maximum absolute atomic E-state index is 12.1. The van der Waals surface area contributed by atoms with E-state index in [1.807, 2.05) is 6.92 Å². The summed E-state index contributed by atoms with van der Waals surface area (Å²) in [5.41, 5.74) is 0. The Morgan fingerprint density at radius 3 is 2.86 bits per heavy atom. The lowest BCUT2D eigenvalue weighted by Gasteiger charge is -2.28. The summed E-state index contributed by atoms with van der Waals surface area (Å²) in [6.07, 6.45) is 2.48. The van der Waals surface area contributed by atoms with Crippen LogP contribution in [0.2, 0.25) is 0 Å². The van der Waals surface area contributed by atoms with Crippen LogP contribution < -0.4 is 5.32 Å². The zero-order valence-electron chi connectivity index (χ0n) is 12.6. The number of nitrogens with one attached hydrogen (secondary N) is 1. The first-order valence-electron chi connectivity index (χ1n) is 7.67. The van der Waals surface area contributed by atoms with Crippen molar-refractivity contribution in [1.82, 2.24) is 15.1 Å². The quantitative estimate of drug-likeness (QED) is 0.809. The molecule has 2 amide bonds. The fourth-order valence-corrected chi connectivity index (χ4v) is 3.62. The number of aliphatic hydroxyl groups excluding tert-OH is 1. The predicted molar refractivity (Wildman–Crippen MR) is 85.6 cm³/mol. The minimum Gasteiger partial charge on any atom is -0.395 e. The molecule has 1 aromatic rings. The molecule has 1 aromatic heterocycles. The molecule has 2 rings (SSSR count). The lowest BCUT2D eigenvalue weighted by atomic mass is 10.2. The van der Waals surface area contributed by atoms with Gasteiger partial charge in [-0.05, 0) is 44.3 Å². The van der Waals surface area contributed by atoms with E-state index in [9.17, 15) is 4.79 Å². The van der Waals surface area contributed by atoms with Crippen LogP contribution in [0, 0.1) is 0 Å². The number of likely N-dealkylation sites (tertiary alicyclic amines) is 1. The molecule has 5 nitrogen and oxygen atoms in total. The summed E-state index contributed by atoms with van der Waals surface area (Å²) in [5.74, 6) is 0. The lowest BCUT2D eigenvalue weighted by molar-refractivity contribution is 0.174. The molecular formula is C15H25N3O2S. The summed E-state index contributed by atoms with van der Waals surface area (Å²) in [6.45, 7) is 5.75. The number of amides is 2. The molecule has 1 unspecified atom stereocenters. The van der Waals surface area contributed by atoms with Gasteiger partial charge >= 0.3 is 6.03 Å². The monoisotopic (exact) mass is 311 g/mol. The number of aliphatic hydroxyl groups is 1. The zero-order chi connectivity index (χ0) is 15.1. The van der Waals surface area contributed by atoms with Gasteiger partial charge in [-0.15, -0.1) is 11.3 Å². The molecule has 1 saturated heterocycles. The van der Waals surface area contributed by atoms with Gasteiger partial charge in [0, 0.05) is 24.5 Å². The van der Waals surface area contributed by atoms with Crippen LogP contribution in [0.15, 0.2) is 17.5 Å². The molecule has 1 fully saturated rings. The van der Waals surface area contributed by atoms with E-state index in [0.717, 1.165) is 13.1 Å². The van der Waals surface area contributed by atoms with Crippen LogP contribution in [0.1, 0.15) is 30.7 Å². The van der Waals surface area contributed by atoms with Crippen LogP contribution in [-0.2, 0) is 0 Å². The minimum absolute atomic E-state index is 0.00172.